The maximum atomic E-state index is 11.1. The average molecular weight is 195 g/mol. The van der Waals surface area contributed by atoms with E-state index < -0.39 is 0 Å². The highest BCUT2D eigenvalue weighted by atomic mass is 35.5. The van der Waals surface area contributed by atoms with Gasteiger partial charge in [-0.05, 0) is 18.2 Å². The fourth-order valence-electron chi connectivity index (χ4n) is 0.897. The molecule has 66 valence electrons. The van der Waals surface area contributed by atoms with Crippen LogP contribution in [0.3, 0.4) is 0 Å². The van der Waals surface area contributed by atoms with E-state index in [4.69, 9.17) is 16.9 Å². The molecule has 1 N–H and O–H groups in total. The summed E-state index contributed by atoms with van der Waals surface area (Å²) in [5, 5.41) is 11.4. The smallest absolute Gasteiger partial charge is 0.251 e. The lowest BCUT2D eigenvalue weighted by atomic mass is 10.1. The number of nitrogens with one attached hydrogen (secondary N) is 1. The normalized spacial score (nSPS) is 9.00. The first-order valence-corrected chi connectivity index (χ1v) is 3.98. The molecule has 0 aliphatic heterocycles. The molecule has 1 aromatic rings. The Morgan fingerprint density at radius 1 is 1.62 bits per heavy atom. The van der Waals surface area contributed by atoms with Crippen LogP contribution in [-0.2, 0) is 0 Å². The van der Waals surface area contributed by atoms with Crippen LogP contribution in [0.25, 0.3) is 0 Å². The quantitative estimate of drug-likeness (QED) is 0.738. The minimum absolute atomic E-state index is 0.229. The zero-order chi connectivity index (χ0) is 9.84. The summed E-state index contributed by atoms with van der Waals surface area (Å²) in [6, 6.07) is 6.47. The van der Waals surface area contributed by atoms with Gasteiger partial charge in [0.2, 0.25) is 0 Å². The van der Waals surface area contributed by atoms with Gasteiger partial charge in [-0.25, -0.2) is 0 Å². The maximum absolute atomic E-state index is 11.1. The lowest BCUT2D eigenvalue weighted by Crippen LogP contribution is -2.17. The van der Waals surface area contributed by atoms with Crippen molar-refractivity contribution in [3.8, 4) is 6.07 Å². The summed E-state index contributed by atoms with van der Waals surface area (Å²) in [5.74, 6) is -0.229. The maximum Gasteiger partial charge on any atom is 0.251 e. The highest BCUT2D eigenvalue weighted by Crippen LogP contribution is 2.16. The van der Waals surface area contributed by atoms with Gasteiger partial charge < -0.3 is 5.32 Å². The van der Waals surface area contributed by atoms with Crippen molar-refractivity contribution in [1.82, 2.24) is 5.32 Å². The molecule has 4 heteroatoms. The van der Waals surface area contributed by atoms with Gasteiger partial charge in [0.25, 0.3) is 5.91 Å². The van der Waals surface area contributed by atoms with E-state index >= 15 is 0 Å². The van der Waals surface area contributed by atoms with E-state index in [-0.39, 0.29) is 5.91 Å². The summed E-state index contributed by atoms with van der Waals surface area (Å²) in [4.78, 5) is 11.1. The number of amides is 1. The fraction of sp³-hybridized carbons (Fsp3) is 0.111. The number of hydrogen-bond acceptors (Lipinski definition) is 2. The van der Waals surface area contributed by atoms with Crippen LogP contribution in [0.15, 0.2) is 18.2 Å². The van der Waals surface area contributed by atoms with Crippen LogP contribution < -0.4 is 5.32 Å². The van der Waals surface area contributed by atoms with Crippen molar-refractivity contribution in [2.24, 2.45) is 0 Å². The van der Waals surface area contributed by atoms with E-state index in [0.717, 1.165) is 0 Å². The highest BCUT2D eigenvalue weighted by molar-refractivity contribution is 6.31. The van der Waals surface area contributed by atoms with Crippen molar-refractivity contribution >= 4 is 17.5 Å². The van der Waals surface area contributed by atoms with Crippen molar-refractivity contribution in [2.75, 3.05) is 7.05 Å². The van der Waals surface area contributed by atoms with Crippen LogP contribution in [0.5, 0.6) is 0 Å². The zero-order valence-corrected chi connectivity index (χ0v) is 7.72. The third kappa shape index (κ3) is 1.98. The van der Waals surface area contributed by atoms with E-state index in [1.54, 1.807) is 6.07 Å². The summed E-state index contributed by atoms with van der Waals surface area (Å²) >= 11 is 5.69. The van der Waals surface area contributed by atoms with Crippen molar-refractivity contribution in [3.05, 3.63) is 34.3 Å². The third-order valence-electron chi connectivity index (χ3n) is 1.58. The molecule has 0 aromatic heterocycles. The first-order chi connectivity index (χ1) is 6.19. The number of rotatable bonds is 1. The number of hydrogen-bond donors (Lipinski definition) is 1. The van der Waals surface area contributed by atoms with Gasteiger partial charge in [-0.15, -0.1) is 0 Å². The molecule has 1 rings (SSSR count). The first kappa shape index (κ1) is 9.56. The minimum atomic E-state index is -0.229. The van der Waals surface area contributed by atoms with Gasteiger partial charge in [0, 0.05) is 12.6 Å². The molecule has 0 aliphatic rings. The Bertz CT molecular complexity index is 382. The molecular weight excluding hydrogens is 188 g/mol. The molecule has 0 aliphatic carbocycles. The monoisotopic (exact) mass is 194 g/mol. The van der Waals surface area contributed by atoms with Crippen LogP contribution in [0, 0.1) is 11.3 Å². The Labute approximate surface area is 80.9 Å². The minimum Gasteiger partial charge on any atom is -0.355 e. The lowest BCUT2D eigenvalue weighted by molar-refractivity contribution is 0.0963. The van der Waals surface area contributed by atoms with Crippen LogP contribution in [0.2, 0.25) is 5.02 Å². The molecule has 0 bridgehead atoms. The molecule has 3 nitrogen and oxygen atoms in total. The van der Waals surface area contributed by atoms with E-state index in [1.165, 1.54) is 19.2 Å². The largest absolute Gasteiger partial charge is 0.355 e. The SMILES string of the molecule is CNC(=O)c1ccc(Cl)c(C#N)c1. The van der Waals surface area contributed by atoms with Crippen molar-refractivity contribution in [2.45, 2.75) is 0 Å². The number of carbonyl (C=O) groups is 1. The average Bonchev–Trinajstić information content (AvgIpc) is 2.17. The highest BCUT2D eigenvalue weighted by Gasteiger charge is 2.06. The van der Waals surface area contributed by atoms with Crippen molar-refractivity contribution in [1.29, 1.82) is 5.26 Å². The number of benzene rings is 1. The number of nitrogens with zero attached hydrogens (tertiary/aromatic N) is 1. The molecule has 13 heavy (non-hydrogen) atoms. The second kappa shape index (κ2) is 3.92. The molecule has 1 amide bonds. The summed E-state index contributed by atoms with van der Waals surface area (Å²) in [6.45, 7) is 0. The molecule has 0 radical (unpaired) electrons. The molecule has 0 saturated heterocycles. The summed E-state index contributed by atoms with van der Waals surface area (Å²) < 4.78 is 0. The fourth-order valence-corrected chi connectivity index (χ4v) is 1.06. The van der Waals surface area contributed by atoms with Gasteiger partial charge in [0.15, 0.2) is 0 Å². The summed E-state index contributed by atoms with van der Waals surface area (Å²) in [6.07, 6.45) is 0. The van der Waals surface area contributed by atoms with Gasteiger partial charge in [0.05, 0.1) is 10.6 Å². The lowest BCUT2D eigenvalue weighted by Gasteiger charge is -2.00. The van der Waals surface area contributed by atoms with Crippen molar-refractivity contribution in [3.63, 3.8) is 0 Å². The predicted molar refractivity (Wildman–Crippen MR) is 49.6 cm³/mol. The Hall–Kier alpha value is -1.53. The van der Waals surface area contributed by atoms with Gasteiger partial charge in [-0.3, -0.25) is 4.79 Å². The molecule has 0 heterocycles. The predicted octanol–water partition coefficient (Wildman–Crippen LogP) is 1.57. The van der Waals surface area contributed by atoms with Gasteiger partial charge >= 0.3 is 0 Å². The molecule has 0 saturated carbocycles. The Morgan fingerprint density at radius 2 is 2.31 bits per heavy atom. The summed E-state index contributed by atoms with van der Waals surface area (Å²) in [7, 11) is 1.53. The molecular formula is C9H7ClN2O. The van der Waals surface area contributed by atoms with Crippen LogP contribution in [-0.4, -0.2) is 13.0 Å². The number of nitriles is 1. The third-order valence-corrected chi connectivity index (χ3v) is 1.91. The van der Waals surface area contributed by atoms with E-state index in [2.05, 4.69) is 5.32 Å². The topological polar surface area (TPSA) is 52.9 Å². The molecule has 0 fully saturated rings. The van der Waals surface area contributed by atoms with E-state index in [1.807, 2.05) is 6.07 Å². The van der Waals surface area contributed by atoms with Crippen LogP contribution in [0.4, 0.5) is 0 Å². The van der Waals surface area contributed by atoms with E-state index in [9.17, 15) is 4.79 Å². The van der Waals surface area contributed by atoms with Crippen LogP contribution >= 0.6 is 11.6 Å². The molecule has 0 atom stereocenters. The van der Waals surface area contributed by atoms with Crippen molar-refractivity contribution < 1.29 is 4.79 Å². The number of carbonyl (C=O) groups excluding carboxylic acids is 1. The molecule has 0 unspecified atom stereocenters. The Balaban J connectivity index is 3.15. The Morgan fingerprint density at radius 3 is 2.85 bits per heavy atom. The van der Waals surface area contributed by atoms with E-state index in [0.29, 0.717) is 16.1 Å². The summed E-state index contributed by atoms with van der Waals surface area (Å²) in [5.41, 5.74) is 0.742. The van der Waals surface area contributed by atoms with Gasteiger partial charge in [-0.1, -0.05) is 11.6 Å². The Kier molecular flexibility index (Phi) is 2.88. The second-order valence-corrected chi connectivity index (χ2v) is 2.79. The molecule has 1 aromatic carbocycles. The van der Waals surface area contributed by atoms with Gasteiger partial charge in [-0.2, -0.15) is 5.26 Å². The zero-order valence-electron chi connectivity index (χ0n) is 6.97. The number of halogens is 1. The molecule has 0 spiro atoms. The first-order valence-electron chi connectivity index (χ1n) is 3.60. The van der Waals surface area contributed by atoms with Crippen LogP contribution in [0.1, 0.15) is 15.9 Å². The standard InChI is InChI=1S/C9H7ClN2O/c1-12-9(13)6-2-3-8(10)7(4-6)5-11/h2-4H,1H3,(H,12,13). The second-order valence-electron chi connectivity index (χ2n) is 2.39. The van der Waals surface area contributed by atoms with Gasteiger partial charge in [0.1, 0.15) is 6.07 Å².